The van der Waals surface area contributed by atoms with Gasteiger partial charge in [0, 0.05) is 64.8 Å². The first kappa shape index (κ1) is 21.0. The van der Waals surface area contributed by atoms with E-state index in [1.165, 1.54) is 16.0 Å². The normalized spacial score (nSPS) is 26.2. The summed E-state index contributed by atoms with van der Waals surface area (Å²) in [6.07, 6.45) is 1.51. The van der Waals surface area contributed by atoms with Crippen molar-refractivity contribution >= 4 is 17.9 Å². The second-order valence-corrected chi connectivity index (χ2v) is 9.07. The monoisotopic (exact) mass is 437 g/mol. The molecule has 9 heteroatoms. The van der Waals surface area contributed by atoms with Crippen LogP contribution in [0.5, 0.6) is 0 Å². The first-order valence-corrected chi connectivity index (χ1v) is 11.3. The Balaban J connectivity index is 1.17. The molecule has 4 aliphatic rings. The zero-order valence-corrected chi connectivity index (χ0v) is 19.0. The molecule has 0 radical (unpaired) electrons. The van der Waals surface area contributed by atoms with Crippen LogP contribution >= 0.6 is 0 Å². The summed E-state index contributed by atoms with van der Waals surface area (Å²) < 4.78 is 0. The molecule has 0 aliphatic carbocycles. The van der Waals surface area contributed by atoms with Gasteiger partial charge in [-0.2, -0.15) is 0 Å². The Labute approximate surface area is 188 Å². The standard InChI is InChI=1S/C23H31N7O2/c1-16-6-4-5-7-18(16)15-28-10-8-27(9-11-28)12-13-29-17(2)14-30-19-20(24-22(29)30)26(3)23(32)25-21(19)31/h4-7,14,19-20H,8-13,15H2,1-3H3,(H,25,31,32). The number of hydrogen-bond donors (Lipinski definition) is 1. The number of likely N-dealkylation sites (N-methyl/N-ethyl adjacent to an activating group) is 1. The van der Waals surface area contributed by atoms with Crippen LogP contribution in [0.1, 0.15) is 18.1 Å². The molecule has 5 rings (SSSR count). The molecule has 3 amide bonds. The van der Waals surface area contributed by atoms with Gasteiger partial charge in [0.15, 0.2) is 12.2 Å². The number of nitrogens with zero attached hydrogens (tertiary/aromatic N) is 6. The van der Waals surface area contributed by atoms with Gasteiger partial charge in [0.25, 0.3) is 5.91 Å². The molecule has 32 heavy (non-hydrogen) atoms. The van der Waals surface area contributed by atoms with Gasteiger partial charge in [-0.3, -0.25) is 19.9 Å². The second-order valence-electron chi connectivity index (χ2n) is 9.07. The molecule has 0 bridgehead atoms. The van der Waals surface area contributed by atoms with Crippen molar-refractivity contribution in [1.82, 2.24) is 29.8 Å². The number of carbonyl (C=O) groups excluding carboxylic acids is 2. The second kappa shape index (κ2) is 8.22. The number of nitrogens with one attached hydrogen (secondary N) is 1. The molecule has 2 unspecified atom stereocenters. The molecule has 9 nitrogen and oxygen atoms in total. The van der Waals surface area contributed by atoms with E-state index in [2.05, 4.69) is 51.2 Å². The lowest BCUT2D eigenvalue weighted by Gasteiger charge is -2.36. The highest BCUT2D eigenvalue weighted by molar-refractivity contribution is 6.04. The van der Waals surface area contributed by atoms with Crippen LogP contribution in [0.4, 0.5) is 4.79 Å². The molecule has 4 aliphatic heterocycles. The number of rotatable bonds is 5. The van der Waals surface area contributed by atoms with Crippen LogP contribution in [0.2, 0.25) is 0 Å². The first-order chi connectivity index (χ1) is 15.4. The summed E-state index contributed by atoms with van der Waals surface area (Å²) in [4.78, 5) is 39.8. The number of aliphatic imine (C=N–C) groups is 1. The summed E-state index contributed by atoms with van der Waals surface area (Å²) in [5.41, 5.74) is 3.84. The van der Waals surface area contributed by atoms with Crippen LogP contribution in [-0.2, 0) is 11.3 Å². The van der Waals surface area contributed by atoms with Gasteiger partial charge in [-0.15, -0.1) is 0 Å². The number of carbonyl (C=O) groups is 2. The number of piperazine rings is 1. The zero-order valence-electron chi connectivity index (χ0n) is 19.0. The summed E-state index contributed by atoms with van der Waals surface area (Å²) in [5, 5.41) is 2.42. The molecule has 0 spiro atoms. The number of imide groups is 1. The number of aryl methyl sites for hydroxylation is 1. The maximum Gasteiger partial charge on any atom is 0.325 e. The molecule has 2 fully saturated rings. The van der Waals surface area contributed by atoms with Crippen LogP contribution in [0.3, 0.4) is 0 Å². The fourth-order valence-corrected chi connectivity index (χ4v) is 4.96. The van der Waals surface area contributed by atoms with Gasteiger partial charge in [0.1, 0.15) is 0 Å². The molecular formula is C23H31N7O2. The predicted octanol–water partition coefficient (Wildman–Crippen LogP) is 0.837. The Morgan fingerprint density at radius 2 is 1.75 bits per heavy atom. The molecule has 1 aromatic rings. The van der Waals surface area contributed by atoms with Crippen LogP contribution in [0.25, 0.3) is 0 Å². The van der Waals surface area contributed by atoms with Crippen LogP contribution in [0.15, 0.2) is 41.2 Å². The number of hydrogen-bond acceptors (Lipinski definition) is 7. The van der Waals surface area contributed by atoms with Crippen molar-refractivity contribution in [3.8, 4) is 0 Å². The molecule has 1 aromatic carbocycles. The van der Waals surface area contributed by atoms with Crippen molar-refractivity contribution in [2.75, 3.05) is 46.3 Å². The van der Waals surface area contributed by atoms with Crippen molar-refractivity contribution in [3.63, 3.8) is 0 Å². The van der Waals surface area contributed by atoms with E-state index < -0.39 is 18.2 Å². The summed E-state index contributed by atoms with van der Waals surface area (Å²) in [5.74, 6) is 0.486. The minimum atomic E-state index is -0.488. The van der Waals surface area contributed by atoms with E-state index in [0.717, 1.165) is 57.5 Å². The number of allylic oxidation sites excluding steroid dienone is 1. The van der Waals surface area contributed by atoms with Crippen LogP contribution in [-0.4, -0.2) is 101 Å². The number of amides is 3. The minimum Gasteiger partial charge on any atom is -0.313 e. The molecule has 0 saturated carbocycles. The lowest BCUT2D eigenvalue weighted by molar-refractivity contribution is -0.126. The summed E-state index contributed by atoms with van der Waals surface area (Å²) >= 11 is 0. The third-order valence-electron chi connectivity index (χ3n) is 7.03. The quantitative estimate of drug-likeness (QED) is 0.736. The lowest BCUT2D eigenvalue weighted by atomic mass is 10.1. The van der Waals surface area contributed by atoms with Gasteiger partial charge in [-0.1, -0.05) is 24.3 Å². The van der Waals surface area contributed by atoms with Gasteiger partial charge in [-0.05, 0) is 25.0 Å². The van der Waals surface area contributed by atoms with Crippen molar-refractivity contribution in [2.24, 2.45) is 4.99 Å². The Bertz CT molecular complexity index is 982. The summed E-state index contributed by atoms with van der Waals surface area (Å²) in [6.45, 7) is 11.2. The number of benzene rings is 1. The van der Waals surface area contributed by atoms with Gasteiger partial charge in [-0.25, -0.2) is 9.79 Å². The number of fused-ring (bicyclic) bond motifs is 3. The third kappa shape index (κ3) is 3.65. The Kier molecular flexibility index (Phi) is 5.38. The average Bonchev–Trinajstić information content (AvgIpc) is 3.28. The third-order valence-corrected chi connectivity index (χ3v) is 7.03. The number of guanidine groups is 1. The van der Waals surface area contributed by atoms with Gasteiger partial charge < -0.3 is 14.7 Å². The summed E-state index contributed by atoms with van der Waals surface area (Å²) in [7, 11) is 1.68. The van der Waals surface area contributed by atoms with Crippen LogP contribution in [0, 0.1) is 6.92 Å². The van der Waals surface area contributed by atoms with E-state index in [1.807, 2.05) is 18.0 Å². The highest BCUT2D eigenvalue weighted by Crippen LogP contribution is 2.31. The first-order valence-electron chi connectivity index (χ1n) is 11.3. The Hall–Kier alpha value is -2.91. The highest BCUT2D eigenvalue weighted by atomic mass is 16.2. The van der Waals surface area contributed by atoms with Gasteiger partial charge in [0.05, 0.1) is 0 Å². The smallest absolute Gasteiger partial charge is 0.313 e. The predicted molar refractivity (Wildman–Crippen MR) is 122 cm³/mol. The molecule has 0 aromatic heterocycles. The zero-order chi connectivity index (χ0) is 22.4. The average molecular weight is 438 g/mol. The van der Waals surface area contributed by atoms with Crippen molar-refractivity contribution in [1.29, 1.82) is 0 Å². The van der Waals surface area contributed by atoms with Crippen molar-refractivity contribution < 1.29 is 9.59 Å². The maximum absolute atomic E-state index is 12.4. The molecule has 170 valence electrons. The molecule has 1 N–H and O–H groups in total. The molecule has 4 heterocycles. The van der Waals surface area contributed by atoms with E-state index >= 15 is 0 Å². The largest absolute Gasteiger partial charge is 0.325 e. The van der Waals surface area contributed by atoms with E-state index in [1.54, 1.807) is 7.05 Å². The maximum atomic E-state index is 12.4. The van der Waals surface area contributed by atoms with Gasteiger partial charge in [0.2, 0.25) is 5.96 Å². The minimum absolute atomic E-state index is 0.285. The van der Waals surface area contributed by atoms with E-state index in [4.69, 9.17) is 4.99 Å². The lowest BCUT2D eigenvalue weighted by Crippen LogP contribution is -2.62. The van der Waals surface area contributed by atoms with Crippen molar-refractivity contribution in [2.45, 2.75) is 32.6 Å². The fourth-order valence-electron chi connectivity index (χ4n) is 4.96. The van der Waals surface area contributed by atoms with E-state index in [-0.39, 0.29) is 5.91 Å². The Morgan fingerprint density at radius 1 is 1.03 bits per heavy atom. The molecule has 2 saturated heterocycles. The Morgan fingerprint density at radius 3 is 2.50 bits per heavy atom. The fraction of sp³-hybridized carbons (Fsp3) is 0.522. The van der Waals surface area contributed by atoms with E-state index in [0.29, 0.717) is 0 Å². The summed E-state index contributed by atoms with van der Waals surface area (Å²) in [6, 6.07) is 7.74. The highest BCUT2D eigenvalue weighted by Gasteiger charge is 2.51. The SMILES string of the molecule is CC1=CN2C(=NC3C2C(=O)NC(=O)N3C)N1CCN1CCN(Cc2ccccc2C)CC1. The van der Waals surface area contributed by atoms with Gasteiger partial charge >= 0.3 is 6.03 Å². The number of urea groups is 1. The van der Waals surface area contributed by atoms with Crippen molar-refractivity contribution in [3.05, 3.63) is 47.3 Å². The molecular weight excluding hydrogens is 406 g/mol. The molecule has 2 atom stereocenters. The van der Waals surface area contributed by atoms with Crippen LogP contribution < -0.4 is 5.32 Å². The van der Waals surface area contributed by atoms with E-state index in [9.17, 15) is 9.59 Å². The topological polar surface area (TPSA) is 74.7 Å².